The molecule has 0 aliphatic heterocycles. The van der Waals surface area contributed by atoms with Crippen molar-refractivity contribution >= 4 is 0 Å². The molecule has 0 amide bonds. The normalized spacial score (nSPS) is 12.7. The fourth-order valence-electron chi connectivity index (χ4n) is 2.48. The average molecular weight is 312 g/mol. The number of unbranched alkanes of at least 4 members (excludes halogenated alkanes) is 8. The number of rotatable bonds is 14. The number of ether oxygens (including phenoxy) is 1. The summed E-state index contributed by atoms with van der Waals surface area (Å²) in [7, 11) is 0. The average Bonchev–Trinajstić information content (AvgIpc) is 2.99. The molecule has 2 N–H and O–H groups in total. The Morgan fingerprint density at radius 3 is 2.14 bits per heavy atom. The van der Waals surface area contributed by atoms with Gasteiger partial charge in [0.1, 0.15) is 24.7 Å². The van der Waals surface area contributed by atoms with Crippen LogP contribution in [0.25, 0.3) is 0 Å². The fourth-order valence-corrected chi connectivity index (χ4v) is 2.48. The molecule has 0 spiro atoms. The highest BCUT2D eigenvalue weighted by Gasteiger charge is 2.07. The Bertz CT molecular complexity index is 362. The summed E-state index contributed by atoms with van der Waals surface area (Å²) in [6, 6.07) is 3.47. The minimum Gasteiger partial charge on any atom is -0.461 e. The van der Waals surface area contributed by atoms with E-state index in [-0.39, 0.29) is 13.2 Å². The van der Waals surface area contributed by atoms with Crippen molar-refractivity contribution in [2.24, 2.45) is 0 Å². The molecule has 0 saturated heterocycles. The number of aliphatic hydroxyl groups excluding tert-OH is 2. The number of aliphatic hydroxyl groups is 2. The molecule has 1 unspecified atom stereocenters. The molecular formula is C18H32O4. The van der Waals surface area contributed by atoms with Crippen LogP contribution in [0.1, 0.15) is 82.7 Å². The molecule has 0 fully saturated rings. The second-order valence-electron chi connectivity index (χ2n) is 5.91. The van der Waals surface area contributed by atoms with Gasteiger partial charge < -0.3 is 19.4 Å². The predicted octanol–water partition coefficient (Wildman–Crippen LogP) is 4.53. The van der Waals surface area contributed by atoms with Crippen molar-refractivity contribution in [2.45, 2.75) is 90.6 Å². The van der Waals surface area contributed by atoms with Crippen LogP contribution in [-0.2, 0) is 18.0 Å². The van der Waals surface area contributed by atoms with E-state index in [9.17, 15) is 5.11 Å². The van der Waals surface area contributed by atoms with Crippen molar-refractivity contribution in [1.82, 2.24) is 0 Å². The van der Waals surface area contributed by atoms with Gasteiger partial charge in [0.15, 0.2) is 6.29 Å². The second kappa shape index (κ2) is 12.7. The molecule has 0 saturated carbocycles. The number of hydrogen-bond donors (Lipinski definition) is 2. The van der Waals surface area contributed by atoms with Crippen LogP contribution >= 0.6 is 0 Å². The smallest absolute Gasteiger partial charge is 0.155 e. The van der Waals surface area contributed by atoms with Gasteiger partial charge in [-0.2, -0.15) is 0 Å². The maximum absolute atomic E-state index is 9.76. The highest BCUT2D eigenvalue weighted by Crippen LogP contribution is 2.13. The number of hydrogen-bond acceptors (Lipinski definition) is 4. The molecule has 1 rings (SSSR count). The first-order valence-electron chi connectivity index (χ1n) is 8.74. The van der Waals surface area contributed by atoms with Gasteiger partial charge in [-0.15, -0.1) is 0 Å². The van der Waals surface area contributed by atoms with Crippen molar-refractivity contribution in [3.8, 4) is 0 Å². The maximum Gasteiger partial charge on any atom is 0.155 e. The van der Waals surface area contributed by atoms with Gasteiger partial charge in [0, 0.05) is 0 Å². The van der Waals surface area contributed by atoms with E-state index in [0.29, 0.717) is 17.9 Å². The molecule has 128 valence electrons. The summed E-state index contributed by atoms with van der Waals surface area (Å²) in [6.07, 6.45) is 11.4. The van der Waals surface area contributed by atoms with Crippen LogP contribution in [0.3, 0.4) is 0 Å². The first-order chi connectivity index (χ1) is 10.8. The molecule has 4 nitrogen and oxygen atoms in total. The predicted molar refractivity (Wildman–Crippen MR) is 87.3 cm³/mol. The third kappa shape index (κ3) is 9.23. The zero-order valence-corrected chi connectivity index (χ0v) is 13.9. The zero-order valence-electron chi connectivity index (χ0n) is 13.9. The third-order valence-corrected chi connectivity index (χ3v) is 3.85. The minimum absolute atomic E-state index is 0.110. The molecule has 4 heteroatoms. The summed E-state index contributed by atoms with van der Waals surface area (Å²) in [5.41, 5.74) is 0. The van der Waals surface area contributed by atoms with Gasteiger partial charge in [-0.1, -0.05) is 58.3 Å². The van der Waals surface area contributed by atoms with Crippen molar-refractivity contribution < 1.29 is 19.4 Å². The molecule has 1 aromatic rings. The van der Waals surface area contributed by atoms with Crippen molar-refractivity contribution in [1.29, 1.82) is 0 Å². The Balaban J connectivity index is 1.92. The molecular weight excluding hydrogens is 280 g/mol. The van der Waals surface area contributed by atoms with Gasteiger partial charge in [-0.3, -0.25) is 0 Å². The summed E-state index contributed by atoms with van der Waals surface area (Å²) in [5.74, 6) is 1.15. The van der Waals surface area contributed by atoms with Crippen LogP contribution in [0.2, 0.25) is 0 Å². The molecule has 22 heavy (non-hydrogen) atoms. The van der Waals surface area contributed by atoms with Crippen LogP contribution in [0.4, 0.5) is 0 Å². The lowest BCUT2D eigenvalue weighted by molar-refractivity contribution is -0.116. The van der Waals surface area contributed by atoms with Gasteiger partial charge in [0.05, 0.1) is 0 Å². The Hall–Kier alpha value is -0.840. The van der Waals surface area contributed by atoms with Crippen LogP contribution in [0.15, 0.2) is 16.5 Å². The molecule has 0 aliphatic carbocycles. The Kier molecular flexibility index (Phi) is 11.1. The monoisotopic (exact) mass is 312 g/mol. The molecule has 0 bridgehead atoms. The Morgan fingerprint density at radius 2 is 1.55 bits per heavy atom. The van der Waals surface area contributed by atoms with E-state index >= 15 is 0 Å². The van der Waals surface area contributed by atoms with E-state index in [1.807, 2.05) is 0 Å². The van der Waals surface area contributed by atoms with Gasteiger partial charge in [0.2, 0.25) is 0 Å². The second-order valence-corrected chi connectivity index (χ2v) is 5.91. The van der Waals surface area contributed by atoms with E-state index in [2.05, 4.69) is 6.92 Å². The highest BCUT2D eigenvalue weighted by molar-refractivity contribution is 5.05. The molecule has 0 aromatic carbocycles. The van der Waals surface area contributed by atoms with Crippen LogP contribution in [-0.4, -0.2) is 16.5 Å². The van der Waals surface area contributed by atoms with Gasteiger partial charge >= 0.3 is 0 Å². The standard InChI is InChI=1S/C18H32O4/c1-2-3-4-5-6-7-8-9-10-11-18(20)21-15-17-13-12-16(14-19)22-17/h12-13,18-20H,2-11,14-15H2,1H3. The third-order valence-electron chi connectivity index (χ3n) is 3.85. The molecule has 1 aromatic heterocycles. The van der Waals surface area contributed by atoms with Crippen molar-refractivity contribution in [3.63, 3.8) is 0 Å². The van der Waals surface area contributed by atoms with Gasteiger partial charge in [-0.05, 0) is 25.0 Å². The van der Waals surface area contributed by atoms with Crippen molar-refractivity contribution in [3.05, 3.63) is 23.7 Å². The van der Waals surface area contributed by atoms with Crippen molar-refractivity contribution in [2.75, 3.05) is 0 Å². The lowest BCUT2D eigenvalue weighted by atomic mass is 10.1. The summed E-state index contributed by atoms with van der Waals surface area (Å²) < 4.78 is 10.6. The van der Waals surface area contributed by atoms with E-state index in [4.69, 9.17) is 14.3 Å². The van der Waals surface area contributed by atoms with E-state index in [1.165, 1.54) is 44.9 Å². The summed E-state index contributed by atoms with van der Waals surface area (Å²) in [4.78, 5) is 0. The fraction of sp³-hybridized carbons (Fsp3) is 0.778. The summed E-state index contributed by atoms with van der Waals surface area (Å²) in [6.45, 7) is 2.38. The lowest BCUT2D eigenvalue weighted by Crippen LogP contribution is -2.11. The largest absolute Gasteiger partial charge is 0.461 e. The molecule has 1 heterocycles. The van der Waals surface area contributed by atoms with E-state index in [1.54, 1.807) is 12.1 Å². The minimum atomic E-state index is -0.729. The first kappa shape index (κ1) is 19.2. The topological polar surface area (TPSA) is 62.8 Å². The quantitative estimate of drug-likeness (QED) is 0.391. The Labute approximate surface area is 134 Å². The summed E-state index contributed by atoms with van der Waals surface area (Å²) in [5, 5.41) is 18.7. The van der Waals surface area contributed by atoms with Gasteiger partial charge in [-0.25, -0.2) is 0 Å². The molecule has 0 aliphatic rings. The maximum atomic E-state index is 9.76. The molecule has 0 radical (unpaired) electrons. The van der Waals surface area contributed by atoms with Crippen LogP contribution in [0, 0.1) is 0 Å². The first-order valence-corrected chi connectivity index (χ1v) is 8.74. The Morgan fingerprint density at radius 1 is 0.955 bits per heavy atom. The van der Waals surface area contributed by atoms with Crippen LogP contribution < -0.4 is 0 Å². The van der Waals surface area contributed by atoms with Gasteiger partial charge in [0.25, 0.3) is 0 Å². The number of furan rings is 1. The molecule has 1 atom stereocenters. The lowest BCUT2D eigenvalue weighted by Gasteiger charge is -2.10. The zero-order chi connectivity index (χ0) is 16.0. The highest BCUT2D eigenvalue weighted by atomic mass is 16.6. The van der Waals surface area contributed by atoms with E-state index in [0.717, 1.165) is 12.8 Å². The van der Waals surface area contributed by atoms with E-state index < -0.39 is 6.29 Å². The van der Waals surface area contributed by atoms with Crippen LogP contribution in [0.5, 0.6) is 0 Å². The summed E-state index contributed by atoms with van der Waals surface area (Å²) >= 11 is 0. The SMILES string of the molecule is CCCCCCCCCCCC(O)OCc1ccc(CO)o1.